The highest BCUT2D eigenvalue weighted by Gasteiger charge is 2.36. The molecule has 7 heteroatoms. The van der Waals surface area contributed by atoms with Crippen molar-refractivity contribution >= 4 is 11.9 Å². The van der Waals surface area contributed by atoms with Gasteiger partial charge in [-0.05, 0) is 72.1 Å². The monoisotopic (exact) mass is 428 g/mol. The molecule has 0 bridgehead atoms. The first kappa shape index (κ1) is 25.7. The molecule has 0 heterocycles. The van der Waals surface area contributed by atoms with Gasteiger partial charge in [0.05, 0.1) is 16.9 Å². The average molecular weight is 428 g/mol. The lowest BCUT2D eigenvalue weighted by Crippen LogP contribution is -2.33. The van der Waals surface area contributed by atoms with Crippen molar-refractivity contribution in [2.45, 2.75) is 72.1 Å². The number of ether oxygens (including phenoxy) is 1. The van der Waals surface area contributed by atoms with Gasteiger partial charge in [-0.3, -0.25) is 9.59 Å². The topological polar surface area (TPSA) is 63.6 Å². The first-order chi connectivity index (χ1) is 13.6. The molecule has 0 radical (unpaired) electrons. The molecule has 0 saturated heterocycles. The third-order valence-corrected chi connectivity index (χ3v) is 4.83. The first-order valence-corrected chi connectivity index (χ1v) is 9.84. The van der Waals surface area contributed by atoms with Gasteiger partial charge in [0.25, 0.3) is 0 Å². The third-order valence-electron chi connectivity index (χ3n) is 4.83. The van der Waals surface area contributed by atoms with Crippen LogP contribution in [-0.4, -0.2) is 22.6 Å². The van der Waals surface area contributed by atoms with Crippen molar-refractivity contribution in [2.75, 3.05) is 0 Å². The van der Waals surface area contributed by atoms with Gasteiger partial charge in [-0.15, -0.1) is 0 Å². The number of carbonyl (C=O) groups is 2. The molecule has 0 saturated carbocycles. The van der Waals surface area contributed by atoms with Crippen LogP contribution in [-0.2, 0) is 20.5 Å². The van der Waals surface area contributed by atoms with Gasteiger partial charge in [0, 0.05) is 5.92 Å². The molecule has 0 fully saturated rings. The Morgan fingerprint density at radius 2 is 1.60 bits per heavy atom. The van der Waals surface area contributed by atoms with E-state index in [9.17, 15) is 27.9 Å². The normalized spacial score (nSPS) is 15.1. The molecule has 4 nitrogen and oxygen atoms in total. The Balaban J connectivity index is 3.32. The Hall–Kier alpha value is -2.31. The number of esters is 1. The molecule has 0 spiro atoms. The number of alkyl halides is 3. The molecular weight excluding hydrogens is 397 g/mol. The summed E-state index contributed by atoms with van der Waals surface area (Å²) in [5.41, 5.74) is -2.05. The molecule has 1 aromatic rings. The van der Waals surface area contributed by atoms with Crippen LogP contribution in [0.5, 0.6) is 0 Å². The Kier molecular flexibility index (Phi) is 8.29. The largest absolute Gasteiger partial charge is 0.481 e. The molecule has 0 unspecified atom stereocenters. The second kappa shape index (κ2) is 9.67. The van der Waals surface area contributed by atoms with Crippen LogP contribution in [0.1, 0.15) is 71.4 Å². The van der Waals surface area contributed by atoms with E-state index in [-0.39, 0.29) is 12.8 Å². The van der Waals surface area contributed by atoms with Gasteiger partial charge in [0.15, 0.2) is 0 Å². The van der Waals surface area contributed by atoms with Crippen LogP contribution >= 0.6 is 0 Å². The summed E-state index contributed by atoms with van der Waals surface area (Å²) in [7, 11) is 0. The highest BCUT2D eigenvalue weighted by Crippen LogP contribution is 2.37. The van der Waals surface area contributed by atoms with Crippen molar-refractivity contribution in [1.82, 2.24) is 0 Å². The Bertz CT molecular complexity index is 756. The van der Waals surface area contributed by atoms with E-state index in [0.717, 1.165) is 12.1 Å². The lowest BCUT2D eigenvalue weighted by atomic mass is 9.78. The molecule has 1 N–H and O–H groups in total. The van der Waals surface area contributed by atoms with Gasteiger partial charge < -0.3 is 9.84 Å². The number of halogens is 3. The van der Waals surface area contributed by atoms with Gasteiger partial charge in [0.1, 0.15) is 5.60 Å². The quantitative estimate of drug-likeness (QED) is 0.395. The Morgan fingerprint density at radius 3 is 2.00 bits per heavy atom. The second-order valence-corrected chi connectivity index (χ2v) is 9.04. The zero-order chi connectivity index (χ0) is 23.3. The van der Waals surface area contributed by atoms with Gasteiger partial charge in [-0.1, -0.05) is 24.3 Å². The van der Waals surface area contributed by atoms with Crippen molar-refractivity contribution in [3.05, 3.63) is 47.5 Å². The predicted molar refractivity (Wildman–Crippen MR) is 109 cm³/mol. The molecule has 1 aromatic carbocycles. The maximum absolute atomic E-state index is 13.0. The number of benzene rings is 1. The molecule has 2 atom stereocenters. The van der Waals surface area contributed by atoms with Crippen LogP contribution in [0, 0.1) is 11.3 Å². The molecular formula is C23H31F3O4. The second-order valence-electron chi connectivity index (χ2n) is 9.04. The predicted octanol–water partition coefficient (Wildman–Crippen LogP) is 6.21. The molecule has 0 amide bonds. The van der Waals surface area contributed by atoms with E-state index in [2.05, 4.69) is 0 Å². The van der Waals surface area contributed by atoms with Gasteiger partial charge >= 0.3 is 18.1 Å². The van der Waals surface area contributed by atoms with Crippen molar-refractivity contribution in [2.24, 2.45) is 11.3 Å². The smallest absolute Gasteiger partial charge is 0.416 e. The van der Waals surface area contributed by atoms with Crippen molar-refractivity contribution < 1.29 is 32.6 Å². The molecule has 168 valence electrons. The van der Waals surface area contributed by atoms with E-state index in [1.54, 1.807) is 53.7 Å². The summed E-state index contributed by atoms with van der Waals surface area (Å²) in [4.78, 5) is 24.5. The number of rotatable bonds is 8. The van der Waals surface area contributed by atoms with Crippen molar-refractivity contribution in [1.29, 1.82) is 0 Å². The van der Waals surface area contributed by atoms with Crippen LogP contribution in [0.15, 0.2) is 36.4 Å². The van der Waals surface area contributed by atoms with E-state index in [1.807, 2.05) is 0 Å². The fourth-order valence-corrected chi connectivity index (χ4v) is 3.02. The lowest BCUT2D eigenvalue weighted by Gasteiger charge is -2.30. The summed E-state index contributed by atoms with van der Waals surface area (Å²) in [5.74, 6) is -2.78. The van der Waals surface area contributed by atoms with E-state index in [0.29, 0.717) is 5.56 Å². The fourth-order valence-electron chi connectivity index (χ4n) is 3.02. The number of allylic oxidation sites excluding steroid dienone is 2. The van der Waals surface area contributed by atoms with Crippen LogP contribution in [0.4, 0.5) is 13.2 Å². The lowest BCUT2D eigenvalue weighted by molar-refractivity contribution is -0.161. The van der Waals surface area contributed by atoms with Crippen LogP contribution in [0.3, 0.4) is 0 Å². The van der Waals surface area contributed by atoms with E-state index < -0.39 is 46.5 Å². The third kappa shape index (κ3) is 7.50. The fraction of sp³-hybridized carbons (Fsp3) is 0.565. The standard InChI is InChI=1S/C23H31F3O4/c1-7-8-17(15-9-11-16(12-10-15)23(24,25)26)18(19(27)30-21(2,3)4)13-14-22(5,6)20(28)29/h7-12,17-18H,13-14H2,1-6H3,(H,28,29)/t17-,18+/m1/s1. The molecule has 0 aromatic heterocycles. The molecule has 0 aliphatic heterocycles. The molecule has 0 aliphatic carbocycles. The van der Waals surface area contributed by atoms with Gasteiger partial charge in [-0.25, -0.2) is 0 Å². The minimum Gasteiger partial charge on any atom is -0.481 e. The number of aliphatic carboxylic acids is 1. The number of hydrogen-bond acceptors (Lipinski definition) is 3. The number of carbonyl (C=O) groups excluding carboxylic acids is 1. The zero-order valence-corrected chi connectivity index (χ0v) is 18.3. The Morgan fingerprint density at radius 1 is 1.07 bits per heavy atom. The zero-order valence-electron chi connectivity index (χ0n) is 18.3. The highest BCUT2D eigenvalue weighted by molar-refractivity contribution is 5.76. The van der Waals surface area contributed by atoms with E-state index >= 15 is 0 Å². The maximum atomic E-state index is 13.0. The number of carboxylic acids is 1. The average Bonchev–Trinajstić information content (AvgIpc) is 2.58. The van der Waals surface area contributed by atoms with E-state index in [1.165, 1.54) is 12.1 Å². The SMILES string of the molecule is CC=C[C@H](c1ccc(C(F)(F)F)cc1)[C@H](CCC(C)(C)C(=O)O)C(=O)OC(C)(C)C. The van der Waals surface area contributed by atoms with Crippen LogP contribution in [0.25, 0.3) is 0 Å². The summed E-state index contributed by atoms with van der Waals surface area (Å²) in [5, 5.41) is 9.41. The Labute approximate surface area is 176 Å². The molecule has 0 aliphatic rings. The highest BCUT2D eigenvalue weighted by atomic mass is 19.4. The van der Waals surface area contributed by atoms with Crippen molar-refractivity contribution in [3.8, 4) is 0 Å². The number of carboxylic acid groups (broad SMARTS) is 1. The summed E-state index contributed by atoms with van der Waals surface area (Å²) in [6, 6.07) is 4.68. The molecule has 30 heavy (non-hydrogen) atoms. The van der Waals surface area contributed by atoms with Crippen LogP contribution < -0.4 is 0 Å². The van der Waals surface area contributed by atoms with E-state index in [4.69, 9.17) is 4.74 Å². The molecule has 1 rings (SSSR count). The van der Waals surface area contributed by atoms with Crippen molar-refractivity contribution in [3.63, 3.8) is 0 Å². The summed E-state index contributed by atoms with van der Waals surface area (Å²) >= 11 is 0. The van der Waals surface area contributed by atoms with Gasteiger partial charge in [0.2, 0.25) is 0 Å². The van der Waals surface area contributed by atoms with Gasteiger partial charge in [-0.2, -0.15) is 13.2 Å². The first-order valence-electron chi connectivity index (χ1n) is 9.84. The number of hydrogen-bond donors (Lipinski definition) is 1. The minimum atomic E-state index is -4.45. The van der Waals surface area contributed by atoms with Crippen LogP contribution in [0.2, 0.25) is 0 Å². The summed E-state index contributed by atoms with van der Waals surface area (Å²) in [6.07, 6.45) is -0.567. The minimum absolute atomic E-state index is 0.209. The summed E-state index contributed by atoms with van der Waals surface area (Å²) in [6.45, 7) is 10.1. The maximum Gasteiger partial charge on any atom is 0.416 e. The summed E-state index contributed by atoms with van der Waals surface area (Å²) < 4.78 is 44.3.